The number of aromatic nitrogens is 5. The van der Waals surface area contributed by atoms with Gasteiger partial charge in [-0.25, -0.2) is 23.2 Å². The number of benzene rings is 3. The number of rotatable bonds is 11. The Morgan fingerprint density at radius 3 is 2.39 bits per heavy atom. The number of carbonyl (C=O) groups excluding carboxylic acids is 4. The number of hydrogen-bond donors (Lipinski definition) is 1. The first-order valence-corrected chi connectivity index (χ1v) is 30.3. The van der Waals surface area contributed by atoms with E-state index in [-0.39, 0.29) is 89.9 Å². The number of ether oxygens (including phenoxy) is 3. The summed E-state index contributed by atoms with van der Waals surface area (Å²) in [7, 11) is 1.73. The molecule has 13 rings (SSSR count). The quantitative estimate of drug-likeness (QED) is 0.0961. The number of amides is 4. The molecule has 7 aliphatic heterocycles. The monoisotopic (exact) mass is 1160 g/mol. The SMILES string of the molecule is C#Cc1c(F)ccc2cccc(-c3ncc4c(N5C[C@H]6CC[C@@H](C5)N6C(=O)OC(C)(C)C)nc(OC[C@]56CCCN5[C@H](COC(=O)N5CCC(CN7CCC(c8ccc9c(c8)n(C)c(=O)n9C8CCC(=O)NC8=O)CC7)CC5)CC6)nc4c3F)c12. The summed E-state index contributed by atoms with van der Waals surface area (Å²) < 4.78 is 54.4. The Bertz CT molecular complexity index is 3750. The van der Waals surface area contributed by atoms with Crippen LogP contribution in [0.3, 0.4) is 0 Å². The summed E-state index contributed by atoms with van der Waals surface area (Å²) in [5.74, 6) is 1.65. The first-order valence-electron chi connectivity index (χ1n) is 30.3. The van der Waals surface area contributed by atoms with Crippen molar-refractivity contribution in [3.63, 3.8) is 0 Å². The molecule has 7 saturated heterocycles. The van der Waals surface area contributed by atoms with Crippen LogP contribution < -0.4 is 20.6 Å². The molecule has 7 fully saturated rings. The number of anilines is 1. The summed E-state index contributed by atoms with van der Waals surface area (Å²) in [5.41, 5.74) is 1.67. The average Bonchev–Trinajstić information content (AvgIpc) is 2.23. The highest BCUT2D eigenvalue weighted by Gasteiger charge is 2.51. The first-order chi connectivity index (χ1) is 40.9. The molecule has 0 radical (unpaired) electrons. The number of carbonyl (C=O) groups is 4. The second-order valence-electron chi connectivity index (χ2n) is 25.7. The van der Waals surface area contributed by atoms with Gasteiger partial charge in [-0.3, -0.25) is 38.8 Å². The number of likely N-dealkylation sites (tertiary alicyclic amines) is 2. The predicted molar refractivity (Wildman–Crippen MR) is 315 cm³/mol. The number of nitrogens with one attached hydrogen (secondary N) is 1. The standard InChI is InChI=1S/C64H73F2N11O8/c1-6-45-48(65)15-11-40-9-7-10-46(53(40)45)55-54(66)56-47(32-67-55)57(74-34-42-13-14-43(35-74)76(42)62(82)85-63(2,3)4)70-59(69-56)84-37-64-24-8-26-75(64)44(19-25-64)36-83-61(81)73-29-20-38(21-30-73)33-72-27-22-39(23-28-72)41-12-16-49-51(31-41)71(5)60(80)77(49)50-17-18-52(78)68-58(50)79/h1,7,9-12,15-16,31-32,38-39,42-44,50H,8,13-14,17-30,33-37H2,2-5H3,(H,68,78,79)/t42-,43+,44-,50?,64+/m0/s1. The summed E-state index contributed by atoms with van der Waals surface area (Å²) in [6.45, 7) is 11.9. The van der Waals surface area contributed by atoms with Gasteiger partial charge in [0.25, 0.3) is 0 Å². The van der Waals surface area contributed by atoms with Crippen LogP contribution in [-0.4, -0.2) is 163 Å². The molecular formula is C64H73F2N11O8. The molecule has 3 aromatic carbocycles. The summed E-state index contributed by atoms with van der Waals surface area (Å²) >= 11 is 0. The van der Waals surface area contributed by atoms with Gasteiger partial charge in [0.1, 0.15) is 47.7 Å². The van der Waals surface area contributed by atoms with Gasteiger partial charge in [-0.1, -0.05) is 36.3 Å². The molecule has 0 saturated carbocycles. The Labute approximate surface area is 491 Å². The molecule has 6 aromatic rings. The highest BCUT2D eigenvalue weighted by molar-refractivity contribution is 6.02. The minimum atomic E-state index is -0.725. The fourth-order valence-electron chi connectivity index (χ4n) is 15.1. The topological polar surface area (TPSA) is 190 Å². The van der Waals surface area contributed by atoms with Crippen LogP contribution in [-0.2, 0) is 26.1 Å². The summed E-state index contributed by atoms with van der Waals surface area (Å²) in [4.78, 5) is 90.3. The molecule has 0 aliphatic carbocycles. The van der Waals surface area contributed by atoms with Crippen molar-refractivity contribution in [2.75, 3.05) is 70.5 Å². The van der Waals surface area contributed by atoms with Crippen LogP contribution in [0.15, 0.2) is 59.5 Å². The van der Waals surface area contributed by atoms with Gasteiger partial charge < -0.3 is 28.9 Å². The number of aryl methyl sites for hydroxylation is 1. The maximum atomic E-state index is 17.5. The molecule has 5 atom stereocenters. The summed E-state index contributed by atoms with van der Waals surface area (Å²) in [6.07, 6.45) is 16.0. The maximum absolute atomic E-state index is 17.5. The number of piperidine rings is 3. The zero-order valence-corrected chi connectivity index (χ0v) is 48.8. The molecule has 10 heterocycles. The van der Waals surface area contributed by atoms with Crippen LogP contribution in [0.1, 0.15) is 121 Å². The van der Waals surface area contributed by atoms with Crippen molar-refractivity contribution in [2.45, 2.75) is 139 Å². The molecule has 1 N–H and O–H groups in total. The third kappa shape index (κ3) is 10.5. The molecular weight excluding hydrogens is 1090 g/mol. The van der Waals surface area contributed by atoms with Crippen molar-refractivity contribution in [1.82, 2.24) is 49.0 Å². The van der Waals surface area contributed by atoms with E-state index in [9.17, 15) is 24.0 Å². The van der Waals surface area contributed by atoms with Gasteiger partial charge in [0.15, 0.2) is 5.82 Å². The molecule has 446 valence electrons. The van der Waals surface area contributed by atoms with Crippen molar-refractivity contribution in [3.05, 3.63) is 88.0 Å². The van der Waals surface area contributed by atoms with Gasteiger partial charge in [0, 0.05) is 69.4 Å². The number of hydrogen-bond acceptors (Lipinski definition) is 14. The Balaban J connectivity index is 0.643. The highest BCUT2D eigenvalue weighted by Crippen LogP contribution is 2.44. The van der Waals surface area contributed by atoms with E-state index < -0.39 is 29.2 Å². The van der Waals surface area contributed by atoms with Crippen molar-refractivity contribution < 1.29 is 42.2 Å². The van der Waals surface area contributed by atoms with Crippen molar-refractivity contribution in [1.29, 1.82) is 0 Å². The normalized spacial score (nSPS) is 24.4. The number of piperazine rings is 1. The van der Waals surface area contributed by atoms with Crippen LogP contribution in [0.25, 0.3) is 44.0 Å². The largest absolute Gasteiger partial charge is 0.461 e. The molecule has 2 bridgehead atoms. The van der Waals surface area contributed by atoms with Crippen LogP contribution in [0, 0.1) is 29.9 Å². The Kier molecular flexibility index (Phi) is 14.8. The second-order valence-corrected chi connectivity index (χ2v) is 25.7. The zero-order valence-electron chi connectivity index (χ0n) is 48.8. The van der Waals surface area contributed by atoms with Crippen molar-refractivity contribution in [2.24, 2.45) is 13.0 Å². The summed E-state index contributed by atoms with van der Waals surface area (Å²) in [5, 5.41) is 3.76. The van der Waals surface area contributed by atoms with E-state index in [4.69, 9.17) is 30.6 Å². The number of nitrogens with zero attached hydrogens (tertiary/aromatic N) is 10. The van der Waals surface area contributed by atoms with E-state index in [2.05, 4.69) is 43.1 Å². The molecule has 1 unspecified atom stereocenters. The van der Waals surface area contributed by atoms with Crippen LogP contribution >= 0.6 is 0 Å². The lowest BCUT2D eigenvalue weighted by Gasteiger charge is -2.42. The molecule has 4 amide bonds. The molecule has 3 aromatic heterocycles. The summed E-state index contributed by atoms with van der Waals surface area (Å²) in [6, 6.07) is 13.2. The minimum absolute atomic E-state index is 0.00223. The van der Waals surface area contributed by atoms with E-state index in [1.54, 1.807) is 42.1 Å². The van der Waals surface area contributed by atoms with Crippen molar-refractivity contribution in [3.8, 4) is 29.6 Å². The van der Waals surface area contributed by atoms with Crippen LogP contribution in [0.4, 0.5) is 24.2 Å². The third-order valence-electron chi connectivity index (χ3n) is 19.4. The average molecular weight is 1160 g/mol. The Morgan fingerprint density at radius 1 is 0.871 bits per heavy atom. The van der Waals surface area contributed by atoms with Gasteiger partial charge in [0.05, 0.1) is 39.6 Å². The fraction of sp³-hybridized carbons (Fsp3) is 0.531. The number of imide groups is 1. The van der Waals surface area contributed by atoms with E-state index >= 15 is 8.78 Å². The molecule has 0 spiro atoms. The lowest BCUT2D eigenvalue weighted by atomic mass is 9.88. The maximum Gasteiger partial charge on any atom is 0.410 e. The molecule has 21 heteroatoms. The van der Waals surface area contributed by atoms with Gasteiger partial charge in [-0.15, -0.1) is 6.42 Å². The van der Waals surface area contributed by atoms with E-state index in [0.29, 0.717) is 77.5 Å². The van der Waals surface area contributed by atoms with Crippen LogP contribution in [0.2, 0.25) is 0 Å². The predicted octanol–water partition coefficient (Wildman–Crippen LogP) is 8.43. The van der Waals surface area contributed by atoms with Crippen molar-refractivity contribution >= 4 is 62.5 Å². The van der Waals surface area contributed by atoms with Gasteiger partial charge in [0.2, 0.25) is 11.8 Å². The number of terminal acetylenes is 1. The molecule has 85 heavy (non-hydrogen) atoms. The number of fused-ring (bicyclic) bond motifs is 6. The van der Waals surface area contributed by atoms with Crippen LogP contribution in [0.5, 0.6) is 6.01 Å². The lowest BCUT2D eigenvalue weighted by Crippen LogP contribution is -2.57. The van der Waals surface area contributed by atoms with Gasteiger partial charge >= 0.3 is 23.9 Å². The van der Waals surface area contributed by atoms with E-state index in [1.807, 2.05) is 36.6 Å². The smallest absolute Gasteiger partial charge is 0.410 e. The highest BCUT2D eigenvalue weighted by atomic mass is 19.1. The number of imidazole rings is 1. The number of pyridine rings is 1. The first kappa shape index (κ1) is 56.4. The Morgan fingerprint density at radius 2 is 1.65 bits per heavy atom. The van der Waals surface area contributed by atoms with Gasteiger partial charge in [-0.05, 0) is 152 Å². The van der Waals surface area contributed by atoms with Gasteiger partial charge in [-0.2, -0.15) is 9.97 Å². The second kappa shape index (κ2) is 22.3. The molecule has 19 nitrogen and oxygen atoms in total. The fourth-order valence-corrected chi connectivity index (χ4v) is 15.1. The van der Waals surface area contributed by atoms with E-state index in [1.165, 1.54) is 16.2 Å². The molecule has 7 aliphatic rings. The lowest BCUT2D eigenvalue weighted by molar-refractivity contribution is -0.135. The number of halogens is 2. The zero-order chi connectivity index (χ0) is 59.1. The minimum Gasteiger partial charge on any atom is -0.461 e. The Hall–Kier alpha value is -7.70. The third-order valence-corrected chi connectivity index (χ3v) is 19.4. The van der Waals surface area contributed by atoms with E-state index in [0.717, 1.165) is 95.9 Å².